The van der Waals surface area contributed by atoms with Crippen LogP contribution in [0.15, 0.2) is 152 Å². The van der Waals surface area contributed by atoms with Gasteiger partial charge in [-0.2, -0.15) is 9.97 Å². The van der Waals surface area contributed by atoms with Crippen molar-refractivity contribution in [3.63, 3.8) is 0 Å². The van der Waals surface area contributed by atoms with Crippen LogP contribution in [-0.4, -0.2) is 24.1 Å². The Labute approximate surface area is 283 Å². The molecule has 0 fully saturated rings. The average molecular weight is 630 g/mol. The monoisotopic (exact) mass is 629 g/mol. The number of fused-ring (bicyclic) bond motifs is 9. The maximum atomic E-state index is 5.25. The molecule has 0 N–H and O–H groups in total. The molecule has 0 spiro atoms. The maximum absolute atomic E-state index is 5.25. The number of hydrogen-bond acceptors (Lipinski definition) is 3. The zero-order valence-corrected chi connectivity index (χ0v) is 27.2. The van der Waals surface area contributed by atoms with Gasteiger partial charge in [0.15, 0.2) is 11.6 Å². The van der Waals surface area contributed by atoms with Gasteiger partial charge in [-0.3, -0.25) is 4.57 Å². The molecule has 1 aliphatic carbocycles. The molecule has 0 unspecified atom stereocenters. The number of nitrogens with zero attached hydrogens (tertiary/aromatic N) is 5. The minimum atomic E-state index is -0.247. The summed E-state index contributed by atoms with van der Waals surface area (Å²) < 4.78 is 4.74. The van der Waals surface area contributed by atoms with Crippen molar-refractivity contribution in [2.75, 3.05) is 0 Å². The van der Waals surface area contributed by atoms with E-state index in [1.165, 1.54) is 33.2 Å². The highest BCUT2D eigenvalue weighted by Gasteiger charge is 2.41. The summed E-state index contributed by atoms with van der Waals surface area (Å²) in [6.45, 7) is 4.73. The van der Waals surface area contributed by atoms with Crippen LogP contribution in [0.2, 0.25) is 0 Å². The molecular weight excluding hydrogens is 599 g/mol. The van der Waals surface area contributed by atoms with Crippen LogP contribution in [0.4, 0.5) is 0 Å². The second-order valence-corrected chi connectivity index (χ2v) is 13.3. The van der Waals surface area contributed by atoms with E-state index in [2.05, 4.69) is 138 Å². The van der Waals surface area contributed by atoms with Gasteiger partial charge in [0.05, 0.1) is 22.2 Å². The Morgan fingerprint density at radius 3 is 1.78 bits per heavy atom. The van der Waals surface area contributed by atoms with Gasteiger partial charge in [-0.25, -0.2) is 4.98 Å². The third-order valence-electron chi connectivity index (χ3n) is 10.1. The zero-order chi connectivity index (χ0) is 32.7. The van der Waals surface area contributed by atoms with Gasteiger partial charge in [-0.1, -0.05) is 141 Å². The molecular formula is C44H31N5. The first kappa shape index (κ1) is 27.8. The molecule has 0 atom stereocenters. The van der Waals surface area contributed by atoms with Crippen molar-refractivity contribution in [1.82, 2.24) is 24.1 Å². The summed E-state index contributed by atoms with van der Waals surface area (Å²) in [5, 5.41) is 3.55. The van der Waals surface area contributed by atoms with E-state index in [-0.39, 0.29) is 5.41 Å². The lowest BCUT2D eigenvalue weighted by atomic mass is 9.81. The van der Waals surface area contributed by atoms with Crippen molar-refractivity contribution in [2.45, 2.75) is 19.3 Å². The highest BCUT2D eigenvalue weighted by molar-refractivity contribution is 6.21. The van der Waals surface area contributed by atoms with Gasteiger partial charge in [-0.05, 0) is 35.4 Å². The maximum Gasteiger partial charge on any atom is 0.238 e. The summed E-state index contributed by atoms with van der Waals surface area (Å²) in [6.07, 6.45) is 0. The Morgan fingerprint density at radius 1 is 0.490 bits per heavy atom. The predicted octanol–water partition coefficient (Wildman–Crippen LogP) is 10.6. The van der Waals surface area contributed by atoms with Crippen molar-refractivity contribution in [3.8, 4) is 45.7 Å². The summed E-state index contributed by atoms with van der Waals surface area (Å²) in [5.74, 6) is 1.88. The van der Waals surface area contributed by atoms with Crippen LogP contribution in [0, 0.1) is 0 Å². The molecule has 3 aromatic heterocycles. The quantitative estimate of drug-likeness (QED) is 0.195. The van der Waals surface area contributed by atoms with Crippen LogP contribution in [0.5, 0.6) is 0 Å². The summed E-state index contributed by atoms with van der Waals surface area (Å²) in [5.41, 5.74) is 11.3. The first-order chi connectivity index (χ1) is 24.1. The van der Waals surface area contributed by atoms with Crippen molar-refractivity contribution < 1.29 is 0 Å². The standard InChI is InChI=1S/C44H31N5/c1-44(2)34-24-14-12-23-33(34)40-38(44)37-36(48(40)30-20-10-5-11-21-30)27-26-32-31-22-13-15-25-35(31)49(39(32)37)43-46-41(28-16-6-3-7-17-28)45-42(47-43)29-18-8-4-9-19-29/h3-27H,1-2H3. The normalized spacial score (nSPS) is 13.3. The largest absolute Gasteiger partial charge is 0.309 e. The van der Waals surface area contributed by atoms with Gasteiger partial charge in [0.2, 0.25) is 5.95 Å². The smallest absolute Gasteiger partial charge is 0.238 e. The van der Waals surface area contributed by atoms with Gasteiger partial charge < -0.3 is 4.57 Å². The highest BCUT2D eigenvalue weighted by Crippen LogP contribution is 2.55. The topological polar surface area (TPSA) is 48.5 Å². The van der Waals surface area contributed by atoms with Gasteiger partial charge in [-0.15, -0.1) is 0 Å². The fourth-order valence-corrected chi connectivity index (χ4v) is 8.01. The van der Waals surface area contributed by atoms with E-state index in [9.17, 15) is 0 Å². The van der Waals surface area contributed by atoms with Crippen molar-refractivity contribution in [2.24, 2.45) is 0 Å². The van der Waals surface area contributed by atoms with Gasteiger partial charge in [0, 0.05) is 44.0 Å². The fourth-order valence-electron chi connectivity index (χ4n) is 8.01. The molecule has 5 nitrogen and oxygen atoms in total. The molecule has 49 heavy (non-hydrogen) atoms. The Kier molecular flexibility index (Phi) is 5.85. The van der Waals surface area contributed by atoms with Crippen LogP contribution in [0.25, 0.3) is 78.4 Å². The van der Waals surface area contributed by atoms with Crippen LogP contribution in [0.1, 0.15) is 25.0 Å². The van der Waals surface area contributed by atoms with Gasteiger partial charge >= 0.3 is 0 Å². The second-order valence-electron chi connectivity index (χ2n) is 13.3. The molecule has 0 bridgehead atoms. The van der Waals surface area contributed by atoms with Crippen molar-refractivity contribution in [3.05, 3.63) is 163 Å². The van der Waals surface area contributed by atoms with Crippen LogP contribution < -0.4 is 0 Å². The number of aromatic nitrogens is 5. The number of para-hydroxylation sites is 2. The lowest BCUT2D eigenvalue weighted by molar-refractivity contribution is 0.666. The van der Waals surface area contributed by atoms with Gasteiger partial charge in [0.25, 0.3) is 0 Å². The van der Waals surface area contributed by atoms with E-state index < -0.39 is 0 Å². The van der Waals surface area contributed by atoms with E-state index in [4.69, 9.17) is 15.0 Å². The molecule has 3 heterocycles. The fraction of sp³-hybridized carbons (Fsp3) is 0.0682. The molecule has 6 aromatic carbocycles. The Balaban J connectivity index is 1.40. The zero-order valence-electron chi connectivity index (χ0n) is 27.2. The Hall–Kier alpha value is -6.33. The minimum Gasteiger partial charge on any atom is -0.309 e. The Bertz CT molecular complexity index is 2660. The predicted molar refractivity (Wildman–Crippen MR) is 199 cm³/mol. The molecule has 10 rings (SSSR count). The first-order valence-corrected chi connectivity index (χ1v) is 16.7. The summed E-state index contributed by atoms with van der Waals surface area (Å²) >= 11 is 0. The lowest BCUT2D eigenvalue weighted by Crippen LogP contribution is -2.15. The summed E-state index contributed by atoms with van der Waals surface area (Å²) in [7, 11) is 0. The van der Waals surface area contributed by atoms with Crippen molar-refractivity contribution >= 4 is 32.7 Å². The van der Waals surface area contributed by atoms with E-state index in [0.717, 1.165) is 38.8 Å². The average Bonchev–Trinajstić information content (AvgIpc) is 3.77. The van der Waals surface area contributed by atoms with Crippen LogP contribution >= 0.6 is 0 Å². The third-order valence-corrected chi connectivity index (χ3v) is 10.1. The molecule has 0 aliphatic heterocycles. The number of benzene rings is 6. The number of hydrogen-bond donors (Lipinski definition) is 0. The van der Waals surface area contributed by atoms with E-state index >= 15 is 0 Å². The molecule has 0 amide bonds. The minimum absolute atomic E-state index is 0.247. The SMILES string of the molecule is CC1(C)c2ccccc2-c2c1c1c(ccc3c4ccccc4n(-c4nc(-c5ccccc5)nc(-c5ccccc5)n4)c31)n2-c1ccccc1. The molecule has 232 valence electrons. The van der Waals surface area contributed by atoms with E-state index in [1.807, 2.05) is 36.4 Å². The van der Waals surface area contributed by atoms with E-state index in [0.29, 0.717) is 17.6 Å². The molecule has 0 saturated carbocycles. The molecule has 5 heteroatoms. The van der Waals surface area contributed by atoms with Gasteiger partial charge in [0.1, 0.15) is 0 Å². The molecule has 1 aliphatic rings. The van der Waals surface area contributed by atoms with Crippen LogP contribution in [0.3, 0.4) is 0 Å². The molecule has 0 radical (unpaired) electrons. The second kappa shape index (κ2) is 10.3. The molecule has 9 aromatic rings. The Morgan fingerprint density at radius 2 is 1.08 bits per heavy atom. The lowest BCUT2D eigenvalue weighted by Gasteiger charge is -2.22. The molecule has 0 saturated heterocycles. The van der Waals surface area contributed by atoms with Crippen molar-refractivity contribution in [1.29, 1.82) is 0 Å². The van der Waals surface area contributed by atoms with Crippen LogP contribution in [-0.2, 0) is 5.41 Å². The summed E-state index contributed by atoms with van der Waals surface area (Å²) in [6, 6.07) is 53.2. The first-order valence-electron chi connectivity index (χ1n) is 16.7. The third kappa shape index (κ3) is 3.96. The highest BCUT2D eigenvalue weighted by atomic mass is 15.2. The number of rotatable bonds is 4. The van der Waals surface area contributed by atoms with E-state index in [1.54, 1.807) is 0 Å². The summed E-state index contributed by atoms with van der Waals surface area (Å²) in [4.78, 5) is 15.5.